The SMILES string of the molecule is Cc1c(C)n(Cc2ccc3c(c2)OCCO3)c2c(OCc3ccc(F)cc3)ccnc12.Cl. The number of hydrogen-bond acceptors (Lipinski definition) is 4. The van der Waals surface area contributed by atoms with E-state index in [2.05, 4.69) is 29.5 Å². The van der Waals surface area contributed by atoms with Crippen LogP contribution in [0.25, 0.3) is 11.0 Å². The second kappa shape index (κ2) is 9.09. The molecule has 2 aromatic carbocycles. The summed E-state index contributed by atoms with van der Waals surface area (Å²) in [5.74, 6) is 2.06. The van der Waals surface area contributed by atoms with E-state index >= 15 is 0 Å². The maximum absolute atomic E-state index is 13.2. The van der Waals surface area contributed by atoms with E-state index in [1.807, 2.05) is 18.2 Å². The highest BCUT2D eigenvalue weighted by Gasteiger charge is 2.18. The van der Waals surface area contributed by atoms with Crippen LogP contribution in [0.5, 0.6) is 17.2 Å². The average molecular weight is 455 g/mol. The van der Waals surface area contributed by atoms with E-state index in [0.717, 1.165) is 50.7 Å². The fraction of sp³-hybridized carbons (Fsp3) is 0.240. The van der Waals surface area contributed by atoms with E-state index in [1.165, 1.54) is 12.1 Å². The van der Waals surface area contributed by atoms with Crippen LogP contribution in [-0.4, -0.2) is 22.8 Å². The highest BCUT2D eigenvalue weighted by Crippen LogP contribution is 2.34. The first-order chi connectivity index (χ1) is 15.1. The molecule has 5 nitrogen and oxygen atoms in total. The third-order valence-electron chi connectivity index (χ3n) is 5.71. The average Bonchev–Trinajstić information content (AvgIpc) is 3.04. The van der Waals surface area contributed by atoms with Crippen LogP contribution in [0.2, 0.25) is 0 Å². The van der Waals surface area contributed by atoms with Gasteiger partial charge in [0.2, 0.25) is 0 Å². The lowest BCUT2D eigenvalue weighted by atomic mass is 10.2. The molecule has 5 rings (SSSR count). The number of ether oxygens (including phenoxy) is 3. The van der Waals surface area contributed by atoms with Crippen molar-refractivity contribution in [2.75, 3.05) is 13.2 Å². The van der Waals surface area contributed by atoms with Crippen LogP contribution in [0.4, 0.5) is 4.39 Å². The monoisotopic (exact) mass is 454 g/mol. The Kier molecular flexibility index (Phi) is 6.24. The molecule has 0 spiro atoms. The molecular formula is C25H24ClFN2O3. The number of nitrogens with zero attached hydrogens (tertiary/aromatic N) is 2. The second-order valence-corrected chi connectivity index (χ2v) is 7.70. The largest absolute Gasteiger partial charge is 0.487 e. The molecule has 3 heterocycles. The van der Waals surface area contributed by atoms with E-state index in [1.54, 1.807) is 18.3 Å². The number of benzene rings is 2. The Morgan fingerprint density at radius 1 is 0.969 bits per heavy atom. The van der Waals surface area contributed by atoms with Crippen LogP contribution in [0.3, 0.4) is 0 Å². The van der Waals surface area contributed by atoms with Crippen molar-refractivity contribution >= 4 is 23.4 Å². The van der Waals surface area contributed by atoms with E-state index in [-0.39, 0.29) is 18.2 Å². The van der Waals surface area contributed by atoms with Gasteiger partial charge in [-0.1, -0.05) is 18.2 Å². The molecule has 4 aromatic rings. The molecule has 7 heteroatoms. The molecule has 1 aliphatic heterocycles. The number of aromatic nitrogens is 2. The van der Waals surface area contributed by atoms with Gasteiger partial charge in [0.25, 0.3) is 0 Å². The van der Waals surface area contributed by atoms with Gasteiger partial charge in [0.15, 0.2) is 11.5 Å². The van der Waals surface area contributed by atoms with Crippen LogP contribution >= 0.6 is 12.4 Å². The zero-order chi connectivity index (χ0) is 21.4. The molecule has 0 unspecified atom stereocenters. The Morgan fingerprint density at radius 3 is 2.47 bits per heavy atom. The van der Waals surface area contributed by atoms with Crippen molar-refractivity contribution in [3.63, 3.8) is 0 Å². The van der Waals surface area contributed by atoms with Gasteiger partial charge in [-0.25, -0.2) is 4.39 Å². The van der Waals surface area contributed by atoms with Crippen LogP contribution in [0.1, 0.15) is 22.4 Å². The van der Waals surface area contributed by atoms with Gasteiger partial charge in [0.05, 0.1) is 5.52 Å². The number of pyridine rings is 1. The predicted molar refractivity (Wildman–Crippen MR) is 124 cm³/mol. The molecule has 0 saturated heterocycles. The van der Waals surface area contributed by atoms with E-state index in [9.17, 15) is 4.39 Å². The molecule has 0 N–H and O–H groups in total. The van der Waals surface area contributed by atoms with Gasteiger partial charge in [0.1, 0.15) is 36.9 Å². The van der Waals surface area contributed by atoms with E-state index in [4.69, 9.17) is 14.2 Å². The first-order valence-corrected chi connectivity index (χ1v) is 10.3. The third-order valence-corrected chi connectivity index (χ3v) is 5.71. The van der Waals surface area contributed by atoms with Crippen LogP contribution in [0, 0.1) is 19.7 Å². The van der Waals surface area contributed by atoms with Crippen molar-refractivity contribution in [3.8, 4) is 17.2 Å². The lowest BCUT2D eigenvalue weighted by molar-refractivity contribution is 0.171. The molecule has 0 bridgehead atoms. The number of hydrogen-bond donors (Lipinski definition) is 0. The van der Waals surface area contributed by atoms with Crippen molar-refractivity contribution < 1.29 is 18.6 Å². The van der Waals surface area contributed by atoms with Crippen LogP contribution < -0.4 is 14.2 Å². The lowest BCUT2D eigenvalue weighted by Crippen LogP contribution is -2.15. The summed E-state index contributed by atoms with van der Waals surface area (Å²) in [7, 11) is 0. The Labute approximate surface area is 192 Å². The summed E-state index contributed by atoms with van der Waals surface area (Å²) in [5.41, 5.74) is 6.15. The fourth-order valence-corrected chi connectivity index (χ4v) is 3.94. The number of aryl methyl sites for hydroxylation is 1. The molecular weight excluding hydrogens is 431 g/mol. The number of rotatable bonds is 5. The predicted octanol–water partition coefficient (Wildman–Crippen LogP) is 5.61. The zero-order valence-corrected chi connectivity index (χ0v) is 18.7. The number of fused-ring (bicyclic) bond motifs is 2. The van der Waals surface area contributed by atoms with Crippen molar-refractivity contribution in [3.05, 3.63) is 82.9 Å². The molecule has 0 aliphatic carbocycles. The summed E-state index contributed by atoms with van der Waals surface area (Å²) in [5, 5.41) is 0. The molecule has 166 valence electrons. The second-order valence-electron chi connectivity index (χ2n) is 7.70. The number of halogens is 2. The summed E-state index contributed by atoms with van der Waals surface area (Å²) < 4.78 is 33.0. The normalized spacial score (nSPS) is 12.5. The van der Waals surface area contributed by atoms with Crippen molar-refractivity contribution in [1.29, 1.82) is 0 Å². The molecule has 1 aliphatic rings. The minimum absolute atomic E-state index is 0. The van der Waals surface area contributed by atoms with Crippen molar-refractivity contribution in [1.82, 2.24) is 9.55 Å². The lowest BCUT2D eigenvalue weighted by Gasteiger charge is -2.19. The Hall–Kier alpha value is -3.25. The Balaban J connectivity index is 0.00000245. The molecule has 32 heavy (non-hydrogen) atoms. The van der Waals surface area contributed by atoms with Gasteiger partial charge in [-0.3, -0.25) is 4.98 Å². The molecule has 0 saturated carbocycles. The summed E-state index contributed by atoms with van der Waals surface area (Å²) in [6.07, 6.45) is 1.77. The highest BCUT2D eigenvalue weighted by molar-refractivity contribution is 5.86. The Bertz CT molecular complexity index is 1250. The minimum atomic E-state index is -0.255. The van der Waals surface area contributed by atoms with E-state index < -0.39 is 0 Å². The smallest absolute Gasteiger partial charge is 0.161 e. The highest BCUT2D eigenvalue weighted by atomic mass is 35.5. The summed E-state index contributed by atoms with van der Waals surface area (Å²) in [6, 6.07) is 14.3. The zero-order valence-electron chi connectivity index (χ0n) is 17.9. The van der Waals surface area contributed by atoms with Crippen LogP contribution in [0.15, 0.2) is 54.7 Å². The van der Waals surface area contributed by atoms with Crippen molar-refractivity contribution in [2.24, 2.45) is 0 Å². The quantitative estimate of drug-likeness (QED) is 0.393. The van der Waals surface area contributed by atoms with Gasteiger partial charge in [0, 0.05) is 24.5 Å². The standard InChI is InChI=1S/C25H23FN2O3.ClH/c1-16-17(2)28(14-19-5-8-21-23(13-19)30-12-11-29-21)25-22(9-10-27-24(16)25)31-15-18-3-6-20(26)7-4-18;/h3-10,13H,11-12,14-15H2,1-2H3;1H. The first-order valence-electron chi connectivity index (χ1n) is 10.3. The molecule has 0 atom stereocenters. The van der Waals surface area contributed by atoms with Gasteiger partial charge < -0.3 is 18.8 Å². The van der Waals surface area contributed by atoms with Crippen molar-refractivity contribution in [2.45, 2.75) is 27.0 Å². The van der Waals surface area contributed by atoms with Gasteiger partial charge in [-0.05, 0) is 54.8 Å². The van der Waals surface area contributed by atoms with Gasteiger partial charge in [-0.2, -0.15) is 0 Å². The van der Waals surface area contributed by atoms with Gasteiger partial charge >= 0.3 is 0 Å². The van der Waals surface area contributed by atoms with Crippen LogP contribution in [-0.2, 0) is 13.2 Å². The van der Waals surface area contributed by atoms with Gasteiger partial charge in [-0.15, -0.1) is 12.4 Å². The fourth-order valence-electron chi connectivity index (χ4n) is 3.94. The molecule has 0 amide bonds. The summed E-state index contributed by atoms with van der Waals surface area (Å²) in [4.78, 5) is 4.61. The summed E-state index contributed by atoms with van der Waals surface area (Å²) in [6.45, 7) is 6.32. The third kappa shape index (κ3) is 4.10. The van der Waals surface area contributed by atoms with E-state index in [0.29, 0.717) is 26.4 Å². The molecule has 2 aromatic heterocycles. The topological polar surface area (TPSA) is 45.5 Å². The maximum atomic E-state index is 13.2. The Morgan fingerprint density at radius 2 is 1.69 bits per heavy atom. The molecule has 0 fully saturated rings. The first kappa shape index (κ1) is 22.0. The summed E-state index contributed by atoms with van der Waals surface area (Å²) >= 11 is 0. The maximum Gasteiger partial charge on any atom is 0.161 e. The molecule has 0 radical (unpaired) electrons. The minimum Gasteiger partial charge on any atom is -0.487 e.